The molecule has 0 atom stereocenters. The number of halogens is 3. The summed E-state index contributed by atoms with van der Waals surface area (Å²) < 4.78 is 40.9. The standard InChI is InChI=1S/C32H28F3N2S.C15H28O2.Ir/c1-19-14-20(2)16-26(15-19)28-30-27(36-18-37-28)21(3)29(38-30)25-12-10-24(11-13-25)23-8-6-22(7-9-23)17-31(4,5)32(33,34)35;1-7-14(5,8-2)12(16)11-13(17)15(6,9-3)10-4;/h6-15,18H,17H2,1-5H3;11,16H,7-10H2,1-6H3;/q-1;;/b;12-11-;. The number of ketones is 1. The number of thiophene rings is 1. The summed E-state index contributed by atoms with van der Waals surface area (Å²) in [4.78, 5) is 22.5. The smallest absolute Gasteiger partial charge is 0.394 e. The molecule has 0 bridgehead atoms. The van der Waals surface area contributed by atoms with E-state index in [1.807, 2.05) is 60.6 Å². The van der Waals surface area contributed by atoms with Crippen molar-refractivity contribution >= 4 is 27.3 Å². The number of carbonyl (C=O) groups is 1. The zero-order chi connectivity index (χ0) is 40.9. The number of aliphatic hydroxyl groups is 1. The zero-order valence-electron chi connectivity index (χ0n) is 34.6. The van der Waals surface area contributed by atoms with Crippen molar-refractivity contribution in [1.29, 1.82) is 0 Å². The first-order valence-electron chi connectivity index (χ1n) is 19.2. The molecule has 9 heteroatoms. The summed E-state index contributed by atoms with van der Waals surface area (Å²) in [7, 11) is 0. The van der Waals surface area contributed by atoms with Crippen molar-refractivity contribution in [2.75, 3.05) is 0 Å². The number of nitrogens with zero attached hydrogens (tertiary/aromatic N) is 2. The topological polar surface area (TPSA) is 63.1 Å². The van der Waals surface area contributed by atoms with Crippen LogP contribution >= 0.6 is 11.3 Å². The molecule has 5 rings (SSSR count). The Morgan fingerprint density at radius 2 is 1.30 bits per heavy atom. The van der Waals surface area contributed by atoms with Crippen molar-refractivity contribution in [2.24, 2.45) is 16.2 Å². The molecule has 0 aliphatic rings. The van der Waals surface area contributed by atoms with E-state index in [0.29, 0.717) is 5.56 Å². The van der Waals surface area contributed by atoms with Gasteiger partial charge in [0.15, 0.2) is 5.78 Å². The van der Waals surface area contributed by atoms with E-state index in [9.17, 15) is 23.1 Å². The first-order chi connectivity index (χ1) is 25.7. The van der Waals surface area contributed by atoms with E-state index in [2.05, 4.69) is 66.3 Å². The number of benzene rings is 3. The largest absolute Gasteiger partial charge is 0.512 e. The Labute approximate surface area is 349 Å². The SMILES string of the molecule is CCC(C)(CC)C(=O)/C=C(\O)C(C)(CC)CC.Cc1[c-]c(-c2ncnc3c(C)c(-c4ccc(-c5ccc(CC(C)(C)C(F)(F)F)cc5)cc4)sc23)cc(C)c1.[Ir]. The minimum Gasteiger partial charge on any atom is -0.512 e. The quantitative estimate of drug-likeness (QED) is 0.0769. The van der Waals surface area contributed by atoms with Crippen LogP contribution in [0.25, 0.3) is 43.0 Å². The second-order valence-electron chi connectivity index (χ2n) is 16.0. The molecule has 303 valence electrons. The van der Waals surface area contributed by atoms with Crippen molar-refractivity contribution < 1.29 is 43.2 Å². The maximum Gasteiger partial charge on any atom is 0.394 e. The number of allylic oxidation sites excluding steroid dienone is 2. The molecule has 0 fully saturated rings. The minimum atomic E-state index is -4.24. The van der Waals surface area contributed by atoms with Crippen LogP contribution in [0, 0.1) is 43.1 Å². The average Bonchev–Trinajstić information content (AvgIpc) is 3.49. The van der Waals surface area contributed by atoms with E-state index < -0.39 is 11.6 Å². The maximum absolute atomic E-state index is 13.3. The minimum absolute atomic E-state index is 0. The molecule has 0 aliphatic carbocycles. The van der Waals surface area contributed by atoms with Gasteiger partial charge in [-0.1, -0.05) is 118 Å². The molecule has 4 nitrogen and oxygen atoms in total. The van der Waals surface area contributed by atoms with Crippen molar-refractivity contribution in [3.05, 3.63) is 107 Å². The van der Waals surface area contributed by atoms with Crippen LogP contribution in [0.4, 0.5) is 13.2 Å². The molecule has 1 N–H and O–H groups in total. The molecule has 0 aliphatic heterocycles. The van der Waals surface area contributed by atoms with E-state index in [1.165, 1.54) is 25.5 Å². The number of fused-ring (bicyclic) bond motifs is 1. The third-order valence-electron chi connectivity index (χ3n) is 11.6. The second kappa shape index (κ2) is 18.7. The first-order valence-corrected chi connectivity index (χ1v) is 20.0. The van der Waals surface area contributed by atoms with Crippen LogP contribution in [0.2, 0.25) is 0 Å². The molecule has 5 aromatic rings. The Bertz CT molecular complexity index is 2110. The molecule has 0 amide bonds. The van der Waals surface area contributed by atoms with E-state index in [4.69, 9.17) is 0 Å². The molecule has 1 radical (unpaired) electrons. The van der Waals surface area contributed by atoms with E-state index in [1.54, 1.807) is 29.8 Å². The van der Waals surface area contributed by atoms with Crippen LogP contribution in [0.15, 0.2) is 78.8 Å². The molecule has 0 saturated heterocycles. The Morgan fingerprint density at radius 3 is 1.80 bits per heavy atom. The fourth-order valence-electron chi connectivity index (χ4n) is 6.44. The summed E-state index contributed by atoms with van der Waals surface area (Å²) in [5, 5.41) is 10.1. The van der Waals surface area contributed by atoms with Gasteiger partial charge in [-0.3, -0.25) is 9.78 Å². The number of hydrogen-bond donors (Lipinski definition) is 1. The van der Waals surface area contributed by atoms with Gasteiger partial charge in [0, 0.05) is 52.3 Å². The molecule has 56 heavy (non-hydrogen) atoms. The van der Waals surface area contributed by atoms with Gasteiger partial charge in [-0.2, -0.15) is 13.2 Å². The predicted octanol–water partition coefficient (Wildman–Crippen LogP) is 14.2. The molecule has 2 heterocycles. The van der Waals surface area contributed by atoms with Gasteiger partial charge in [0.05, 0.1) is 10.9 Å². The van der Waals surface area contributed by atoms with E-state index >= 15 is 0 Å². The fourth-order valence-corrected chi connectivity index (χ4v) is 7.71. The van der Waals surface area contributed by atoms with Gasteiger partial charge in [0.2, 0.25) is 0 Å². The summed E-state index contributed by atoms with van der Waals surface area (Å²) in [6.07, 6.45) is 2.08. The molecular formula is C47H56F3IrN2O2S-. The Balaban J connectivity index is 0.000000398. The first kappa shape index (κ1) is 46.7. The average molecular weight is 962 g/mol. The molecule has 3 aromatic carbocycles. The van der Waals surface area contributed by atoms with Crippen LogP contribution in [-0.2, 0) is 31.3 Å². The van der Waals surface area contributed by atoms with Crippen molar-refractivity contribution in [2.45, 2.75) is 114 Å². The fraction of sp³-hybridized carbons (Fsp3) is 0.426. The van der Waals surface area contributed by atoms with Crippen molar-refractivity contribution in [3.63, 3.8) is 0 Å². The number of alkyl halides is 3. The normalized spacial score (nSPS) is 12.6. The van der Waals surface area contributed by atoms with E-state index in [0.717, 1.165) is 79.9 Å². The van der Waals surface area contributed by atoms with Crippen molar-refractivity contribution in [3.8, 4) is 32.8 Å². The van der Waals surface area contributed by atoms with Gasteiger partial charge in [0.1, 0.15) is 12.1 Å². The number of carbonyl (C=O) groups excluding carboxylic acids is 1. The Hall–Kier alpha value is -3.65. The van der Waals surface area contributed by atoms with Gasteiger partial charge >= 0.3 is 6.18 Å². The number of aryl methyl sites for hydroxylation is 3. The summed E-state index contributed by atoms with van der Waals surface area (Å²) in [5.41, 5.74) is 7.55. The Morgan fingerprint density at radius 1 is 0.786 bits per heavy atom. The van der Waals surface area contributed by atoms with Crippen LogP contribution in [0.1, 0.15) is 103 Å². The molecule has 0 saturated carbocycles. The van der Waals surface area contributed by atoms with Gasteiger partial charge < -0.3 is 5.11 Å². The van der Waals surface area contributed by atoms with Crippen LogP contribution in [0.5, 0.6) is 0 Å². The van der Waals surface area contributed by atoms with E-state index in [-0.39, 0.29) is 48.9 Å². The zero-order valence-corrected chi connectivity index (χ0v) is 37.8. The third kappa shape index (κ3) is 10.4. The monoisotopic (exact) mass is 962 g/mol. The van der Waals surface area contributed by atoms with Gasteiger partial charge in [-0.05, 0) is 66.8 Å². The summed E-state index contributed by atoms with van der Waals surface area (Å²) in [6.45, 7) is 20.8. The Kier molecular flexibility index (Phi) is 15.6. The van der Waals surface area contributed by atoms with Crippen LogP contribution in [0.3, 0.4) is 0 Å². The van der Waals surface area contributed by atoms with Crippen molar-refractivity contribution in [1.82, 2.24) is 9.97 Å². The van der Waals surface area contributed by atoms with Gasteiger partial charge in [-0.15, -0.1) is 46.2 Å². The number of hydrogen-bond acceptors (Lipinski definition) is 5. The van der Waals surface area contributed by atoms with Gasteiger partial charge in [0.25, 0.3) is 0 Å². The number of aliphatic hydroxyl groups excluding tert-OH is 1. The van der Waals surface area contributed by atoms with Crippen LogP contribution in [-0.4, -0.2) is 27.0 Å². The van der Waals surface area contributed by atoms with Crippen LogP contribution < -0.4 is 0 Å². The molecular weight excluding hydrogens is 906 g/mol. The summed E-state index contributed by atoms with van der Waals surface area (Å²) in [6, 6.07) is 23.3. The third-order valence-corrected chi connectivity index (χ3v) is 12.9. The van der Waals surface area contributed by atoms with Gasteiger partial charge in [-0.25, -0.2) is 4.98 Å². The summed E-state index contributed by atoms with van der Waals surface area (Å²) >= 11 is 1.68. The number of aromatic nitrogens is 2. The second-order valence-corrected chi connectivity index (χ2v) is 17.0. The number of rotatable bonds is 12. The molecule has 2 aromatic heterocycles. The predicted molar refractivity (Wildman–Crippen MR) is 223 cm³/mol. The maximum atomic E-state index is 13.3. The summed E-state index contributed by atoms with van der Waals surface area (Å²) in [5.74, 6) is 0.286. The molecule has 0 unspecified atom stereocenters. The molecule has 0 spiro atoms.